The number of piperidine rings is 1. The Bertz CT molecular complexity index is 1070. The smallest absolute Gasteiger partial charge is 0.0636 e. The summed E-state index contributed by atoms with van der Waals surface area (Å²) in [6.45, 7) is 1.05. The van der Waals surface area contributed by atoms with E-state index in [1.165, 1.54) is 36.9 Å². The molecule has 0 unspecified atom stereocenters. The molecule has 31 heavy (non-hydrogen) atoms. The van der Waals surface area contributed by atoms with Crippen LogP contribution in [0.5, 0.6) is 0 Å². The van der Waals surface area contributed by atoms with Crippen LogP contribution < -0.4 is 5.32 Å². The quantitative estimate of drug-likeness (QED) is 0.460. The van der Waals surface area contributed by atoms with E-state index in [1.54, 1.807) is 0 Å². The molecule has 6 rings (SSSR count). The third kappa shape index (κ3) is 3.11. The molecule has 1 N–H and O–H groups in total. The normalized spacial score (nSPS) is 26.9. The van der Waals surface area contributed by atoms with Crippen LogP contribution in [-0.2, 0) is 5.41 Å². The number of hydrogen-bond acceptors (Lipinski definition) is 2. The van der Waals surface area contributed by atoms with Crippen molar-refractivity contribution in [2.24, 2.45) is 0 Å². The molecule has 2 fully saturated rings. The first kappa shape index (κ1) is 19.7. The van der Waals surface area contributed by atoms with Gasteiger partial charge in [-0.15, -0.1) is 0 Å². The molecular weight excluding hydrogens is 423 g/mol. The van der Waals surface area contributed by atoms with E-state index in [-0.39, 0.29) is 11.5 Å². The highest BCUT2D eigenvalue weighted by molar-refractivity contribution is 6.32. The number of halogens is 2. The molecule has 2 atom stereocenters. The fourth-order valence-electron chi connectivity index (χ4n) is 6.51. The molecule has 0 aliphatic carbocycles. The van der Waals surface area contributed by atoms with E-state index >= 15 is 0 Å². The molecule has 2 nitrogen and oxygen atoms in total. The standard InChI is InChI=1S/C27H26Cl2N2/c28-23-10-4-1-7-20(23)26(21-8-2-5-11-24(21)29)31-18-13-14-19(31)16-27(15-18)17-30-25-12-6-3-9-22(25)27/h1-12,18-19,26,30H,13-17H2/t18-,19-/m0/s1. The maximum Gasteiger partial charge on any atom is 0.0636 e. The largest absolute Gasteiger partial charge is 0.384 e. The second-order valence-electron chi connectivity index (χ2n) is 9.37. The summed E-state index contributed by atoms with van der Waals surface area (Å²) in [5.74, 6) is 0. The van der Waals surface area contributed by atoms with Crippen LogP contribution in [0.3, 0.4) is 0 Å². The Labute approximate surface area is 194 Å². The van der Waals surface area contributed by atoms with Gasteiger partial charge < -0.3 is 5.32 Å². The minimum absolute atomic E-state index is 0.0851. The summed E-state index contributed by atoms with van der Waals surface area (Å²) >= 11 is 13.5. The van der Waals surface area contributed by atoms with Crippen molar-refractivity contribution in [2.75, 3.05) is 11.9 Å². The number of rotatable bonds is 3. The van der Waals surface area contributed by atoms with E-state index in [0.29, 0.717) is 12.1 Å². The Morgan fingerprint density at radius 1 is 0.774 bits per heavy atom. The van der Waals surface area contributed by atoms with Gasteiger partial charge in [0, 0.05) is 39.8 Å². The summed E-state index contributed by atoms with van der Waals surface area (Å²) < 4.78 is 0. The van der Waals surface area contributed by atoms with Crippen molar-refractivity contribution in [1.82, 2.24) is 4.90 Å². The maximum absolute atomic E-state index is 6.76. The Kier molecular flexibility index (Phi) is 4.79. The molecule has 4 heteroatoms. The number of hydrogen-bond donors (Lipinski definition) is 1. The van der Waals surface area contributed by atoms with Crippen LogP contribution in [0.2, 0.25) is 10.0 Å². The predicted octanol–water partition coefficient (Wildman–Crippen LogP) is 7.07. The number of benzene rings is 3. The van der Waals surface area contributed by atoms with E-state index in [2.05, 4.69) is 58.7 Å². The van der Waals surface area contributed by atoms with E-state index < -0.39 is 0 Å². The van der Waals surface area contributed by atoms with Crippen molar-refractivity contribution in [3.05, 3.63) is 99.5 Å². The fourth-order valence-corrected chi connectivity index (χ4v) is 6.99. The van der Waals surface area contributed by atoms with Crippen molar-refractivity contribution < 1.29 is 0 Å². The van der Waals surface area contributed by atoms with Crippen molar-refractivity contribution >= 4 is 28.9 Å². The zero-order valence-electron chi connectivity index (χ0n) is 17.4. The molecule has 3 aliphatic rings. The molecule has 0 amide bonds. The first-order valence-electron chi connectivity index (χ1n) is 11.3. The average molecular weight is 449 g/mol. The van der Waals surface area contributed by atoms with Gasteiger partial charge in [0.15, 0.2) is 0 Å². The summed E-state index contributed by atoms with van der Waals surface area (Å²) in [7, 11) is 0. The molecule has 3 heterocycles. The molecule has 0 saturated carbocycles. The van der Waals surface area contributed by atoms with Crippen molar-refractivity contribution in [1.29, 1.82) is 0 Å². The molecule has 3 aliphatic heterocycles. The van der Waals surface area contributed by atoms with E-state index in [0.717, 1.165) is 27.7 Å². The Morgan fingerprint density at radius 3 is 1.94 bits per heavy atom. The second kappa shape index (κ2) is 7.55. The minimum Gasteiger partial charge on any atom is -0.384 e. The van der Waals surface area contributed by atoms with Crippen LogP contribution in [0.4, 0.5) is 5.69 Å². The summed E-state index contributed by atoms with van der Waals surface area (Å²) in [5.41, 5.74) is 5.40. The lowest BCUT2D eigenvalue weighted by atomic mass is 9.70. The number of anilines is 1. The predicted molar refractivity (Wildman–Crippen MR) is 129 cm³/mol. The number of para-hydroxylation sites is 1. The van der Waals surface area contributed by atoms with Gasteiger partial charge >= 0.3 is 0 Å². The molecule has 2 saturated heterocycles. The third-order valence-corrected chi connectivity index (χ3v) is 8.43. The van der Waals surface area contributed by atoms with Crippen molar-refractivity contribution in [2.45, 2.75) is 49.2 Å². The van der Waals surface area contributed by atoms with E-state index in [1.807, 2.05) is 24.3 Å². The molecular formula is C27H26Cl2N2. The lowest BCUT2D eigenvalue weighted by Gasteiger charge is -2.48. The Hall–Kier alpha value is -2.00. The highest BCUT2D eigenvalue weighted by atomic mass is 35.5. The number of fused-ring (bicyclic) bond motifs is 4. The third-order valence-electron chi connectivity index (χ3n) is 7.74. The summed E-state index contributed by atoms with van der Waals surface area (Å²) in [6, 6.07) is 26.6. The van der Waals surface area contributed by atoms with Gasteiger partial charge in [0.05, 0.1) is 6.04 Å². The Balaban J connectivity index is 1.43. The average Bonchev–Trinajstić information content (AvgIpc) is 3.26. The van der Waals surface area contributed by atoms with Gasteiger partial charge in [-0.25, -0.2) is 0 Å². The maximum atomic E-state index is 6.76. The number of nitrogens with zero attached hydrogens (tertiary/aromatic N) is 1. The van der Waals surface area contributed by atoms with Crippen molar-refractivity contribution in [3.63, 3.8) is 0 Å². The molecule has 1 spiro atoms. The minimum atomic E-state index is 0.0851. The second-order valence-corrected chi connectivity index (χ2v) is 10.2. The van der Waals surface area contributed by atoms with Gasteiger partial charge in [-0.2, -0.15) is 0 Å². The monoisotopic (exact) mass is 448 g/mol. The first-order valence-corrected chi connectivity index (χ1v) is 12.0. The highest BCUT2D eigenvalue weighted by Gasteiger charge is 2.53. The van der Waals surface area contributed by atoms with Crippen molar-refractivity contribution in [3.8, 4) is 0 Å². The van der Waals surface area contributed by atoms with Crippen LogP contribution in [0.15, 0.2) is 72.8 Å². The SMILES string of the molecule is Clc1ccccc1C(c1ccccc1Cl)N1[C@H]2CC[C@H]1CC1(CNc3ccccc31)C2. The first-order chi connectivity index (χ1) is 15.2. The molecule has 0 aromatic heterocycles. The Morgan fingerprint density at radius 2 is 1.32 bits per heavy atom. The highest BCUT2D eigenvalue weighted by Crippen LogP contribution is 2.55. The van der Waals surface area contributed by atoms with Crippen LogP contribution in [0, 0.1) is 0 Å². The summed E-state index contributed by atoms with van der Waals surface area (Å²) in [6.07, 6.45) is 4.83. The van der Waals surface area contributed by atoms with Gasteiger partial charge in [0.2, 0.25) is 0 Å². The van der Waals surface area contributed by atoms with Gasteiger partial charge in [-0.1, -0.05) is 77.8 Å². The number of nitrogens with one attached hydrogen (secondary N) is 1. The summed E-state index contributed by atoms with van der Waals surface area (Å²) in [5, 5.41) is 5.33. The zero-order valence-corrected chi connectivity index (χ0v) is 18.9. The van der Waals surface area contributed by atoms with Crippen LogP contribution in [0.1, 0.15) is 48.4 Å². The van der Waals surface area contributed by atoms with Crippen LogP contribution in [-0.4, -0.2) is 23.5 Å². The molecule has 2 bridgehead atoms. The van der Waals surface area contributed by atoms with Gasteiger partial charge in [-0.3, -0.25) is 4.90 Å². The molecule has 0 radical (unpaired) electrons. The molecule has 158 valence electrons. The van der Waals surface area contributed by atoms with Gasteiger partial charge in [0.1, 0.15) is 0 Å². The molecule has 3 aromatic rings. The van der Waals surface area contributed by atoms with Crippen LogP contribution >= 0.6 is 23.2 Å². The molecule has 3 aromatic carbocycles. The fraction of sp³-hybridized carbons (Fsp3) is 0.333. The van der Waals surface area contributed by atoms with E-state index in [4.69, 9.17) is 23.2 Å². The van der Waals surface area contributed by atoms with Gasteiger partial charge in [0.25, 0.3) is 0 Å². The lowest BCUT2D eigenvalue weighted by Crippen LogP contribution is -2.51. The lowest BCUT2D eigenvalue weighted by molar-refractivity contribution is 0.0640. The van der Waals surface area contributed by atoms with Crippen LogP contribution in [0.25, 0.3) is 0 Å². The van der Waals surface area contributed by atoms with Gasteiger partial charge in [-0.05, 0) is 60.6 Å². The zero-order chi connectivity index (χ0) is 21.0. The topological polar surface area (TPSA) is 15.3 Å². The summed E-state index contributed by atoms with van der Waals surface area (Å²) in [4.78, 5) is 2.74. The van der Waals surface area contributed by atoms with E-state index in [9.17, 15) is 0 Å².